The fourth-order valence-corrected chi connectivity index (χ4v) is 2.80. The Bertz CT molecular complexity index is 947. The largest absolute Gasteiger partial charge is 0.457 e. The van der Waals surface area contributed by atoms with Crippen LogP contribution in [0, 0.1) is 0 Å². The van der Waals surface area contributed by atoms with Crippen LogP contribution in [-0.4, -0.2) is 9.55 Å². The molecule has 3 aromatic carbocycles. The maximum atomic E-state index is 6.08. The highest BCUT2D eigenvalue weighted by Crippen LogP contribution is 2.27. The molecule has 1 heterocycles. The molecule has 0 saturated carbocycles. The first-order valence-electron chi connectivity index (χ1n) is 8.25. The number of nitrogens with zero attached hydrogens (tertiary/aromatic N) is 2. The Balaban J connectivity index is 1.54. The topological polar surface area (TPSA) is 27.1 Å². The Morgan fingerprint density at radius 2 is 1.52 bits per heavy atom. The highest BCUT2D eigenvalue weighted by atomic mass is 16.5. The van der Waals surface area contributed by atoms with Gasteiger partial charge >= 0.3 is 0 Å². The molecule has 3 heteroatoms. The monoisotopic (exact) mass is 326 g/mol. The summed E-state index contributed by atoms with van der Waals surface area (Å²) < 4.78 is 8.11. The summed E-state index contributed by atoms with van der Waals surface area (Å²) in [4.78, 5) is 4.08. The first kappa shape index (κ1) is 15.2. The van der Waals surface area contributed by atoms with Crippen LogP contribution < -0.4 is 4.74 Å². The van der Waals surface area contributed by atoms with Gasteiger partial charge in [-0.05, 0) is 41.0 Å². The number of rotatable bonds is 5. The summed E-state index contributed by atoms with van der Waals surface area (Å²) in [6, 6.07) is 26.6. The lowest BCUT2D eigenvalue weighted by molar-refractivity contribution is 0.482. The summed E-state index contributed by atoms with van der Waals surface area (Å²) in [6.45, 7) is 0.779. The Kier molecular flexibility index (Phi) is 4.29. The molecule has 4 aromatic rings. The van der Waals surface area contributed by atoms with Gasteiger partial charge in [-0.1, -0.05) is 54.6 Å². The van der Waals surface area contributed by atoms with Crippen LogP contribution in [0.15, 0.2) is 97.6 Å². The first-order valence-corrected chi connectivity index (χ1v) is 8.25. The second kappa shape index (κ2) is 7.05. The molecule has 0 N–H and O–H groups in total. The van der Waals surface area contributed by atoms with Crippen LogP contribution in [-0.2, 0) is 6.54 Å². The molecule has 0 saturated heterocycles. The van der Waals surface area contributed by atoms with Crippen LogP contribution in [0.25, 0.3) is 11.1 Å². The molecule has 0 atom stereocenters. The molecule has 0 aliphatic heterocycles. The lowest BCUT2D eigenvalue weighted by Crippen LogP contribution is -1.96. The van der Waals surface area contributed by atoms with Crippen molar-refractivity contribution in [2.24, 2.45) is 0 Å². The van der Waals surface area contributed by atoms with Crippen molar-refractivity contribution in [1.29, 1.82) is 0 Å². The highest BCUT2D eigenvalue weighted by molar-refractivity contribution is 5.65. The Labute approximate surface area is 147 Å². The van der Waals surface area contributed by atoms with Crippen molar-refractivity contribution in [2.75, 3.05) is 0 Å². The SMILES string of the molecule is c1ccc(-c2cccc(Oc3cccc(Cn4ccnc4)c3)c2)cc1. The van der Waals surface area contributed by atoms with Crippen LogP contribution in [0.3, 0.4) is 0 Å². The number of hydrogen-bond acceptors (Lipinski definition) is 2. The van der Waals surface area contributed by atoms with Gasteiger partial charge in [0, 0.05) is 18.9 Å². The van der Waals surface area contributed by atoms with E-state index in [2.05, 4.69) is 41.4 Å². The molecule has 4 rings (SSSR count). The van der Waals surface area contributed by atoms with Crippen molar-refractivity contribution in [2.45, 2.75) is 6.54 Å². The predicted octanol–water partition coefficient (Wildman–Crippen LogP) is 5.39. The van der Waals surface area contributed by atoms with E-state index in [1.807, 2.05) is 59.6 Å². The number of hydrogen-bond donors (Lipinski definition) is 0. The second-order valence-corrected chi connectivity index (χ2v) is 5.88. The molecule has 0 aliphatic rings. The molecule has 0 amide bonds. The minimum atomic E-state index is 0.779. The van der Waals surface area contributed by atoms with Crippen molar-refractivity contribution in [3.8, 4) is 22.6 Å². The summed E-state index contributed by atoms with van der Waals surface area (Å²) >= 11 is 0. The number of benzene rings is 3. The van der Waals surface area contributed by atoms with E-state index in [0.717, 1.165) is 23.6 Å². The molecule has 0 fully saturated rings. The molecule has 1 aromatic heterocycles. The van der Waals surface area contributed by atoms with Gasteiger partial charge in [0.05, 0.1) is 6.33 Å². The first-order chi connectivity index (χ1) is 12.4. The summed E-state index contributed by atoms with van der Waals surface area (Å²) in [6.07, 6.45) is 5.56. The van der Waals surface area contributed by atoms with E-state index in [0.29, 0.717) is 0 Å². The van der Waals surface area contributed by atoms with Gasteiger partial charge in [0.15, 0.2) is 0 Å². The van der Waals surface area contributed by atoms with Crippen LogP contribution in [0.2, 0.25) is 0 Å². The molecule has 0 aliphatic carbocycles. The van der Waals surface area contributed by atoms with Gasteiger partial charge in [-0.15, -0.1) is 0 Å². The average molecular weight is 326 g/mol. The van der Waals surface area contributed by atoms with Gasteiger partial charge in [0.1, 0.15) is 11.5 Å². The van der Waals surface area contributed by atoms with Crippen molar-refractivity contribution < 1.29 is 4.74 Å². The van der Waals surface area contributed by atoms with Gasteiger partial charge in [0.2, 0.25) is 0 Å². The summed E-state index contributed by atoms with van der Waals surface area (Å²) in [7, 11) is 0. The lowest BCUT2D eigenvalue weighted by Gasteiger charge is -2.10. The Morgan fingerprint density at radius 3 is 2.32 bits per heavy atom. The van der Waals surface area contributed by atoms with Crippen LogP contribution in [0.5, 0.6) is 11.5 Å². The molecule has 0 unspecified atom stereocenters. The van der Waals surface area contributed by atoms with Gasteiger partial charge < -0.3 is 9.30 Å². The van der Waals surface area contributed by atoms with E-state index >= 15 is 0 Å². The van der Waals surface area contributed by atoms with Crippen LogP contribution >= 0.6 is 0 Å². The molecule has 0 bridgehead atoms. The minimum Gasteiger partial charge on any atom is -0.457 e. The van der Waals surface area contributed by atoms with Gasteiger partial charge in [-0.3, -0.25) is 0 Å². The zero-order chi connectivity index (χ0) is 16.9. The van der Waals surface area contributed by atoms with E-state index < -0.39 is 0 Å². The van der Waals surface area contributed by atoms with E-state index in [1.165, 1.54) is 11.1 Å². The fraction of sp³-hybridized carbons (Fsp3) is 0.0455. The second-order valence-electron chi connectivity index (χ2n) is 5.88. The van der Waals surface area contributed by atoms with E-state index in [9.17, 15) is 0 Å². The zero-order valence-corrected chi connectivity index (χ0v) is 13.7. The zero-order valence-electron chi connectivity index (χ0n) is 13.7. The third kappa shape index (κ3) is 3.78. The smallest absolute Gasteiger partial charge is 0.128 e. The highest BCUT2D eigenvalue weighted by Gasteiger charge is 2.03. The van der Waals surface area contributed by atoms with Crippen LogP contribution in [0.1, 0.15) is 5.56 Å². The number of aromatic nitrogens is 2. The Hall–Kier alpha value is -3.33. The van der Waals surface area contributed by atoms with Gasteiger partial charge in [0.25, 0.3) is 0 Å². The van der Waals surface area contributed by atoms with Gasteiger partial charge in [-0.25, -0.2) is 4.98 Å². The number of imidazole rings is 1. The van der Waals surface area contributed by atoms with Crippen molar-refractivity contribution in [3.05, 3.63) is 103 Å². The Morgan fingerprint density at radius 1 is 0.760 bits per heavy atom. The molecule has 122 valence electrons. The average Bonchev–Trinajstić information content (AvgIpc) is 3.16. The van der Waals surface area contributed by atoms with Crippen molar-refractivity contribution >= 4 is 0 Å². The fourth-order valence-electron chi connectivity index (χ4n) is 2.80. The maximum absolute atomic E-state index is 6.08. The van der Waals surface area contributed by atoms with E-state index in [-0.39, 0.29) is 0 Å². The molecule has 0 spiro atoms. The summed E-state index contributed by atoms with van der Waals surface area (Å²) in [5.74, 6) is 1.67. The third-order valence-corrected chi connectivity index (χ3v) is 4.00. The van der Waals surface area contributed by atoms with E-state index in [4.69, 9.17) is 4.74 Å². The molecule has 0 radical (unpaired) electrons. The molecular weight excluding hydrogens is 308 g/mol. The standard InChI is InChI=1S/C22H18N2O/c1-2-7-19(8-3-1)20-9-5-11-22(15-20)25-21-10-4-6-18(14-21)16-24-13-12-23-17-24/h1-15,17H,16H2. The van der Waals surface area contributed by atoms with Crippen LogP contribution in [0.4, 0.5) is 0 Å². The maximum Gasteiger partial charge on any atom is 0.128 e. The lowest BCUT2D eigenvalue weighted by atomic mass is 10.1. The van der Waals surface area contributed by atoms with Crippen molar-refractivity contribution in [3.63, 3.8) is 0 Å². The molecular formula is C22H18N2O. The summed E-state index contributed by atoms with van der Waals surface area (Å²) in [5.41, 5.74) is 3.50. The van der Waals surface area contributed by atoms with E-state index in [1.54, 1.807) is 6.20 Å². The normalized spacial score (nSPS) is 10.6. The summed E-state index contributed by atoms with van der Waals surface area (Å²) in [5, 5.41) is 0. The van der Waals surface area contributed by atoms with Gasteiger partial charge in [-0.2, -0.15) is 0 Å². The third-order valence-electron chi connectivity index (χ3n) is 4.00. The number of ether oxygens (including phenoxy) is 1. The predicted molar refractivity (Wildman–Crippen MR) is 99.7 cm³/mol. The molecule has 25 heavy (non-hydrogen) atoms. The molecule has 3 nitrogen and oxygen atoms in total. The van der Waals surface area contributed by atoms with Crippen molar-refractivity contribution in [1.82, 2.24) is 9.55 Å². The minimum absolute atomic E-state index is 0.779. The quantitative estimate of drug-likeness (QED) is 0.491.